The SMILES string of the molecule is O=C(O)CCCCc1cc2c(s1)CCCCC2. The number of hydrogen-bond donors (Lipinski definition) is 1. The van der Waals surface area contributed by atoms with Gasteiger partial charge >= 0.3 is 5.97 Å². The average molecular weight is 252 g/mol. The molecule has 17 heavy (non-hydrogen) atoms. The van der Waals surface area contributed by atoms with E-state index in [1.54, 1.807) is 10.4 Å². The minimum Gasteiger partial charge on any atom is -0.481 e. The quantitative estimate of drug-likeness (QED) is 0.639. The first-order valence-corrected chi connectivity index (χ1v) is 7.39. The number of carboxylic acid groups (broad SMARTS) is 1. The van der Waals surface area contributed by atoms with Crippen molar-refractivity contribution in [1.29, 1.82) is 0 Å². The minimum atomic E-state index is -0.674. The molecule has 0 radical (unpaired) electrons. The molecule has 0 aromatic carbocycles. The van der Waals surface area contributed by atoms with Gasteiger partial charge in [0.1, 0.15) is 0 Å². The van der Waals surface area contributed by atoms with E-state index in [1.807, 2.05) is 11.3 Å². The van der Waals surface area contributed by atoms with Crippen LogP contribution in [0.2, 0.25) is 0 Å². The predicted octanol–water partition coefficient (Wildman–Crippen LogP) is 3.81. The number of rotatable bonds is 5. The maximum Gasteiger partial charge on any atom is 0.303 e. The number of aryl methyl sites for hydroxylation is 3. The summed E-state index contributed by atoms with van der Waals surface area (Å²) in [6, 6.07) is 2.37. The molecule has 94 valence electrons. The van der Waals surface area contributed by atoms with Crippen molar-refractivity contribution in [2.45, 2.75) is 57.8 Å². The van der Waals surface area contributed by atoms with Crippen molar-refractivity contribution in [3.05, 3.63) is 21.4 Å². The first-order chi connectivity index (χ1) is 8.25. The molecule has 1 aliphatic rings. The van der Waals surface area contributed by atoms with E-state index in [-0.39, 0.29) is 0 Å². The van der Waals surface area contributed by atoms with Gasteiger partial charge in [0.15, 0.2) is 0 Å². The van der Waals surface area contributed by atoms with E-state index in [0.29, 0.717) is 6.42 Å². The zero-order valence-corrected chi connectivity index (χ0v) is 11.0. The maximum absolute atomic E-state index is 10.4. The third kappa shape index (κ3) is 3.84. The first-order valence-electron chi connectivity index (χ1n) is 6.58. The Morgan fingerprint density at radius 3 is 2.88 bits per heavy atom. The summed E-state index contributed by atoms with van der Waals surface area (Å²) in [6.45, 7) is 0. The summed E-state index contributed by atoms with van der Waals surface area (Å²) in [4.78, 5) is 13.5. The topological polar surface area (TPSA) is 37.3 Å². The Kier molecular flexibility index (Phi) is 4.60. The van der Waals surface area contributed by atoms with Gasteiger partial charge in [0.2, 0.25) is 0 Å². The lowest BCUT2D eigenvalue weighted by molar-refractivity contribution is -0.137. The van der Waals surface area contributed by atoms with Crippen molar-refractivity contribution in [3.8, 4) is 0 Å². The number of thiophene rings is 1. The highest BCUT2D eigenvalue weighted by Crippen LogP contribution is 2.29. The molecule has 0 atom stereocenters. The Hall–Kier alpha value is -0.830. The highest BCUT2D eigenvalue weighted by molar-refractivity contribution is 7.12. The van der Waals surface area contributed by atoms with Crippen molar-refractivity contribution in [2.24, 2.45) is 0 Å². The Balaban J connectivity index is 1.83. The summed E-state index contributed by atoms with van der Waals surface area (Å²) in [6.07, 6.45) is 9.74. The molecule has 0 amide bonds. The van der Waals surface area contributed by atoms with Gasteiger partial charge in [-0.1, -0.05) is 6.42 Å². The molecular formula is C14H20O2S. The molecule has 0 unspecified atom stereocenters. The van der Waals surface area contributed by atoms with Crippen LogP contribution in [0.15, 0.2) is 6.07 Å². The molecule has 1 aliphatic carbocycles. The van der Waals surface area contributed by atoms with Crippen LogP contribution in [0.4, 0.5) is 0 Å². The van der Waals surface area contributed by atoms with Crippen LogP contribution in [0.1, 0.15) is 53.8 Å². The highest BCUT2D eigenvalue weighted by atomic mass is 32.1. The van der Waals surface area contributed by atoms with E-state index in [9.17, 15) is 4.79 Å². The smallest absolute Gasteiger partial charge is 0.303 e. The molecule has 2 nitrogen and oxygen atoms in total. The highest BCUT2D eigenvalue weighted by Gasteiger charge is 2.11. The van der Waals surface area contributed by atoms with E-state index in [2.05, 4.69) is 6.07 Å². The van der Waals surface area contributed by atoms with E-state index >= 15 is 0 Å². The third-order valence-electron chi connectivity index (χ3n) is 3.36. The molecule has 3 heteroatoms. The number of aliphatic carboxylic acids is 1. The first kappa shape index (κ1) is 12.6. The fraction of sp³-hybridized carbons (Fsp3) is 0.643. The van der Waals surface area contributed by atoms with Gasteiger partial charge in [0, 0.05) is 16.2 Å². The van der Waals surface area contributed by atoms with Crippen LogP contribution in [0, 0.1) is 0 Å². The maximum atomic E-state index is 10.4. The van der Waals surface area contributed by atoms with Crippen molar-refractivity contribution in [1.82, 2.24) is 0 Å². The fourth-order valence-corrected chi connectivity index (χ4v) is 3.73. The molecule has 0 bridgehead atoms. The molecule has 0 fully saturated rings. The molecule has 1 aromatic rings. The largest absolute Gasteiger partial charge is 0.481 e. The summed E-state index contributed by atoms with van der Waals surface area (Å²) in [5.41, 5.74) is 1.57. The lowest BCUT2D eigenvalue weighted by atomic mass is 10.1. The molecular weight excluding hydrogens is 232 g/mol. The molecule has 1 N–H and O–H groups in total. The predicted molar refractivity (Wildman–Crippen MR) is 70.8 cm³/mol. The van der Waals surface area contributed by atoms with Crippen LogP contribution in [-0.2, 0) is 24.1 Å². The van der Waals surface area contributed by atoms with Gasteiger partial charge in [0.25, 0.3) is 0 Å². The van der Waals surface area contributed by atoms with Gasteiger partial charge < -0.3 is 5.11 Å². The second-order valence-electron chi connectivity index (χ2n) is 4.82. The van der Waals surface area contributed by atoms with Crippen LogP contribution in [0.3, 0.4) is 0 Å². The number of unbranched alkanes of at least 4 members (excludes halogenated alkanes) is 1. The lowest BCUT2D eigenvalue weighted by Crippen LogP contribution is -1.94. The Morgan fingerprint density at radius 1 is 1.24 bits per heavy atom. The normalized spacial score (nSPS) is 15.3. The van der Waals surface area contributed by atoms with E-state index < -0.39 is 5.97 Å². The molecule has 1 aromatic heterocycles. The molecule has 2 rings (SSSR count). The van der Waals surface area contributed by atoms with Crippen LogP contribution in [0.5, 0.6) is 0 Å². The second kappa shape index (κ2) is 6.20. The van der Waals surface area contributed by atoms with Gasteiger partial charge in [-0.05, 0) is 56.6 Å². The minimum absolute atomic E-state index is 0.311. The third-order valence-corrected chi connectivity index (χ3v) is 4.66. The van der Waals surface area contributed by atoms with Gasteiger partial charge in [-0.15, -0.1) is 11.3 Å². The second-order valence-corrected chi connectivity index (χ2v) is 6.04. The summed E-state index contributed by atoms with van der Waals surface area (Å²) >= 11 is 1.96. The van der Waals surface area contributed by atoms with Gasteiger partial charge in [-0.25, -0.2) is 0 Å². The van der Waals surface area contributed by atoms with Crippen LogP contribution in [0.25, 0.3) is 0 Å². The van der Waals surface area contributed by atoms with Gasteiger partial charge in [-0.3, -0.25) is 4.79 Å². The van der Waals surface area contributed by atoms with Crippen LogP contribution >= 0.6 is 11.3 Å². The molecule has 0 aliphatic heterocycles. The summed E-state index contributed by atoms with van der Waals surface area (Å²) in [5.74, 6) is -0.674. The zero-order valence-electron chi connectivity index (χ0n) is 10.2. The van der Waals surface area contributed by atoms with E-state index in [1.165, 1.54) is 37.0 Å². The average Bonchev–Trinajstić information content (AvgIpc) is 2.55. The fourth-order valence-electron chi connectivity index (χ4n) is 2.43. The molecule has 0 saturated carbocycles. The Morgan fingerprint density at radius 2 is 2.06 bits per heavy atom. The van der Waals surface area contributed by atoms with Gasteiger partial charge in [-0.2, -0.15) is 0 Å². The standard InChI is InChI=1S/C14H20O2S/c15-14(16)9-5-4-7-12-10-11-6-2-1-3-8-13(11)17-12/h10H,1-9H2,(H,15,16). The van der Waals surface area contributed by atoms with Crippen molar-refractivity contribution < 1.29 is 9.90 Å². The summed E-state index contributed by atoms with van der Waals surface area (Å²) in [7, 11) is 0. The van der Waals surface area contributed by atoms with Crippen LogP contribution in [-0.4, -0.2) is 11.1 Å². The van der Waals surface area contributed by atoms with E-state index in [4.69, 9.17) is 5.11 Å². The van der Waals surface area contributed by atoms with Crippen molar-refractivity contribution >= 4 is 17.3 Å². The summed E-state index contributed by atoms with van der Waals surface area (Å²) < 4.78 is 0. The number of carbonyl (C=O) groups is 1. The molecule has 0 spiro atoms. The Bertz CT molecular complexity index is 358. The monoisotopic (exact) mass is 252 g/mol. The number of carboxylic acids is 1. The Labute approximate surface area is 107 Å². The number of fused-ring (bicyclic) bond motifs is 1. The number of hydrogen-bond acceptors (Lipinski definition) is 2. The zero-order chi connectivity index (χ0) is 12.1. The van der Waals surface area contributed by atoms with Crippen molar-refractivity contribution in [3.63, 3.8) is 0 Å². The summed E-state index contributed by atoms with van der Waals surface area (Å²) in [5, 5.41) is 8.58. The van der Waals surface area contributed by atoms with Gasteiger partial charge in [0.05, 0.1) is 0 Å². The molecule has 0 saturated heterocycles. The molecule has 1 heterocycles. The van der Waals surface area contributed by atoms with E-state index in [0.717, 1.165) is 19.3 Å². The lowest BCUT2D eigenvalue weighted by Gasteiger charge is -1.96. The van der Waals surface area contributed by atoms with Crippen LogP contribution < -0.4 is 0 Å². The van der Waals surface area contributed by atoms with Crippen molar-refractivity contribution in [2.75, 3.05) is 0 Å².